The molecule has 0 saturated carbocycles. The molecule has 0 atom stereocenters. The van der Waals surface area contributed by atoms with Gasteiger partial charge in [-0.05, 0) is 11.7 Å². The summed E-state index contributed by atoms with van der Waals surface area (Å²) >= 11 is 0. The molecular weight excluding hydrogens is 156 g/mol. The van der Waals surface area contributed by atoms with Gasteiger partial charge in [-0.15, -0.1) is 0 Å². The first kappa shape index (κ1) is 9.03. The van der Waals surface area contributed by atoms with Gasteiger partial charge in [0.1, 0.15) is 0 Å². The fourth-order valence-electron chi connectivity index (χ4n) is 1.20. The Hall–Kier alpha value is -1.06. The number of aromatic nitrogens is 2. The van der Waals surface area contributed by atoms with E-state index >= 15 is 0 Å². The molecule has 0 fully saturated rings. The molecule has 1 heterocycles. The van der Waals surface area contributed by atoms with E-state index in [9.17, 15) is 4.79 Å². The van der Waals surface area contributed by atoms with Crippen LogP contribution in [0.2, 0.25) is 0 Å². The molecule has 0 amide bonds. The summed E-state index contributed by atoms with van der Waals surface area (Å²) in [5.41, 5.74) is 0.518. The highest BCUT2D eigenvalue weighted by molar-refractivity contribution is 4.82. The summed E-state index contributed by atoms with van der Waals surface area (Å²) in [5, 5.41) is 2.59. The highest BCUT2D eigenvalue weighted by Gasteiger charge is 2.17. The van der Waals surface area contributed by atoms with E-state index in [4.69, 9.17) is 0 Å². The highest BCUT2D eigenvalue weighted by atomic mass is 16.5. The van der Waals surface area contributed by atoms with Crippen molar-refractivity contribution in [3.63, 3.8) is 0 Å². The van der Waals surface area contributed by atoms with Gasteiger partial charge < -0.3 is 0 Å². The molecule has 4 heteroatoms. The lowest BCUT2D eigenvalue weighted by Crippen LogP contribution is -2.40. The second kappa shape index (κ2) is 4.09. The monoisotopic (exact) mass is 171 g/mol. The molecule has 0 aliphatic heterocycles. The largest absolute Gasteiger partial charge is 0.429 e. The van der Waals surface area contributed by atoms with Gasteiger partial charge in [-0.25, -0.2) is 4.79 Å². The number of hydrogen-bond acceptors (Lipinski definition) is 2. The third-order valence-electron chi connectivity index (χ3n) is 1.74. The number of hydrogen-bond donors (Lipinski definition) is 1. The number of nitrogens with zero attached hydrogens (tertiary/aromatic N) is 1. The van der Waals surface area contributed by atoms with Crippen LogP contribution in [0.1, 0.15) is 32.4 Å². The molecule has 0 aliphatic carbocycles. The van der Waals surface area contributed by atoms with E-state index < -0.39 is 0 Å². The van der Waals surface area contributed by atoms with Crippen molar-refractivity contribution in [2.45, 2.75) is 39.7 Å². The minimum absolute atomic E-state index is 0.231. The second-order valence-electron chi connectivity index (χ2n) is 2.83. The Morgan fingerprint density at radius 3 is 2.75 bits per heavy atom. The molecule has 0 radical (unpaired) electrons. The summed E-state index contributed by atoms with van der Waals surface area (Å²) in [7, 11) is 0. The minimum Gasteiger partial charge on any atom is -0.283 e. The van der Waals surface area contributed by atoms with Crippen molar-refractivity contribution in [1.82, 2.24) is 5.27 Å². The fraction of sp³-hybridized carbons (Fsp3) is 0.750. The van der Waals surface area contributed by atoms with E-state index in [0.29, 0.717) is 0 Å². The maximum atomic E-state index is 11.1. The van der Waals surface area contributed by atoms with Crippen LogP contribution in [-0.4, -0.2) is 5.27 Å². The van der Waals surface area contributed by atoms with Gasteiger partial charge in [-0.2, -0.15) is 0 Å². The van der Waals surface area contributed by atoms with Crippen LogP contribution in [0.4, 0.5) is 0 Å². The van der Waals surface area contributed by atoms with Gasteiger partial charge in [0.15, 0.2) is 6.54 Å². The van der Waals surface area contributed by atoms with Gasteiger partial charge in [0, 0.05) is 12.8 Å². The summed E-state index contributed by atoms with van der Waals surface area (Å²) in [5.74, 6) is 0. The first-order valence-corrected chi connectivity index (χ1v) is 4.39. The van der Waals surface area contributed by atoms with Crippen molar-refractivity contribution < 1.29 is 9.20 Å². The van der Waals surface area contributed by atoms with Crippen LogP contribution < -0.4 is 10.3 Å². The van der Waals surface area contributed by atoms with Crippen LogP contribution in [0.25, 0.3) is 0 Å². The van der Waals surface area contributed by atoms with Gasteiger partial charge in [-0.1, -0.05) is 18.5 Å². The first-order valence-electron chi connectivity index (χ1n) is 4.39. The quantitative estimate of drug-likeness (QED) is 0.675. The molecule has 1 aromatic heterocycles. The summed E-state index contributed by atoms with van der Waals surface area (Å²) in [6, 6.07) is 0. The molecule has 68 valence electrons. The van der Waals surface area contributed by atoms with Crippen molar-refractivity contribution in [3.05, 3.63) is 16.1 Å². The number of rotatable bonds is 4. The minimum atomic E-state index is -0.231. The van der Waals surface area contributed by atoms with Crippen molar-refractivity contribution in [2.75, 3.05) is 0 Å². The second-order valence-corrected chi connectivity index (χ2v) is 2.83. The molecule has 12 heavy (non-hydrogen) atoms. The molecule has 0 unspecified atom stereocenters. The van der Waals surface area contributed by atoms with E-state index in [1.807, 2.05) is 6.92 Å². The molecule has 0 saturated heterocycles. The topological polar surface area (TPSA) is 49.9 Å². The molecule has 1 aromatic rings. The third kappa shape index (κ3) is 1.75. The van der Waals surface area contributed by atoms with Crippen molar-refractivity contribution in [2.24, 2.45) is 0 Å². The zero-order valence-corrected chi connectivity index (χ0v) is 7.59. The Kier molecular flexibility index (Phi) is 3.08. The van der Waals surface area contributed by atoms with Crippen LogP contribution in [0, 0.1) is 0 Å². The van der Waals surface area contributed by atoms with E-state index in [0.717, 1.165) is 31.5 Å². The van der Waals surface area contributed by atoms with E-state index in [2.05, 4.69) is 16.7 Å². The first-order chi connectivity index (χ1) is 5.79. The van der Waals surface area contributed by atoms with Gasteiger partial charge >= 0.3 is 5.63 Å². The van der Waals surface area contributed by atoms with E-state index in [1.165, 1.54) is 0 Å². The molecule has 0 aromatic carbocycles. The van der Waals surface area contributed by atoms with Gasteiger partial charge in [0.2, 0.25) is 0 Å². The standard InChI is InChI=1S/C8H14N2O2/c1-3-5-7-8(11)12-9-10(7)6-4-2/h3-6H2,1-2H3/p+1. The molecule has 1 N–H and O–H groups in total. The maximum Gasteiger partial charge on any atom is 0.429 e. The predicted molar refractivity (Wildman–Crippen MR) is 43.8 cm³/mol. The summed E-state index contributed by atoms with van der Waals surface area (Å²) in [4.78, 5) is 11.1. The smallest absolute Gasteiger partial charge is 0.283 e. The van der Waals surface area contributed by atoms with Crippen LogP contribution in [0.15, 0.2) is 9.32 Å². The van der Waals surface area contributed by atoms with Crippen LogP contribution in [-0.2, 0) is 13.0 Å². The van der Waals surface area contributed by atoms with Crippen LogP contribution >= 0.6 is 0 Å². The number of aryl methyl sites for hydroxylation is 1. The Labute approximate surface area is 71.1 Å². The van der Waals surface area contributed by atoms with Gasteiger partial charge in [0.25, 0.3) is 5.69 Å². The lowest BCUT2D eigenvalue weighted by molar-refractivity contribution is -0.768. The summed E-state index contributed by atoms with van der Waals surface area (Å²) < 4.78 is 6.47. The lowest BCUT2D eigenvalue weighted by atomic mass is 10.2. The maximum absolute atomic E-state index is 11.1. The molecule has 4 nitrogen and oxygen atoms in total. The van der Waals surface area contributed by atoms with Gasteiger partial charge in [0.05, 0.1) is 0 Å². The predicted octanol–water partition coefficient (Wildman–Crippen LogP) is 0.618. The number of nitrogens with one attached hydrogen (secondary N) is 1. The Balaban J connectivity index is 2.87. The molecule has 0 spiro atoms. The lowest BCUT2D eigenvalue weighted by Gasteiger charge is -1.88. The zero-order valence-electron chi connectivity index (χ0n) is 7.59. The summed E-state index contributed by atoms with van der Waals surface area (Å²) in [6.07, 6.45) is 2.75. The van der Waals surface area contributed by atoms with Crippen LogP contribution in [0.3, 0.4) is 0 Å². The average Bonchev–Trinajstić information content (AvgIpc) is 2.37. The Morgan fingerprint density at radius 1 is 1.42 bits per heavy atom. The van der Waals surface area contributed by atoms with Crippen LogP contribution in [0.5, 0.6) is 0 Å². The van der Waals surface area contributed by atoms with Crippen molar-refractivity contribution >= 4 is 0 Å². The van der Waals surface area contributed by atoms with Crippen molar-refractivity contribution in [3.8, 4) is 0 Å². The zero-order chi connectivity index (χ0) is 8.97. The van der Waals surface area contributed by atoms with E-state index in [-0.39, 0.29) is 5.63 Å². The highest BCUT2D eigenvalue weighted by Crippen LogP contribution is 1.89. The number of aromatic amines is 1. The fourth-order valence-corrected chi connectivity index (χ4v) is 1.20. The van der Waals surface area contributed by atoms with Gasteiger partial charge in [-0.3, -0.25) is 4.52 Å². The summed E-state index contributed by atoms with van der Waals surface area (Å²) in [6.45, 7) is 4.93. The van der Waals surface area contributed by atoms with E-state index in [1.54, 1.807) is 4.68 Å². The normalized spacial score (nSPS) is 10.5. The SMILES string of the molecule is CCCc1c(=O)o[nH][n+]1CCC. The molecule has 0 aliphatic rings. The Bertz CT molecular complexity index is 287. The Morgan fingerprint density at radius 2 is 2.17 bits per heavy atom. The third-order valence-corrected chi connectivity index (χ3v) is 1.74. The number of H-pyrrole nitrogens is 1. The van der Waals surface area contributed by atoms with Crippen molar-refractivity contribution in [1.29, 1.82) is 0 Å². The molecule has 1 rings (SSSR count). The molecular formula is C8H15N2O2+. The molecule has 0 bridgehead atoms. The average molecular weight is 171 g/mol.